The molecule has 8 heteroatoms. The third-order valence-electron chi connectivity index (χ3n) is 4.77. The number of hydrogen-bond acceptors (Lipinski definition) is 5. The van der Waals surface area contributed by atoms with Gasteiger partial charge in [0.25, 0.3) is 5.91 Å². The number of likely N-dealkylation sites (tertiary alicyclic amines) is 1. The molecule has 0 radical (unpaired) electrons. The number of aromatic nitrogens is 1. The second-order valence-electron chi connectivity index (χ2n) is 7.15. The van der Waals surface area contributed by atoms with Gasteiger partial charge in [-0.05, 0) is 43.0 Å². The molecule has 1 aliphatic rings. The monoisotopic (exact) mass is 444 g/mol. The molecule has 1 aromatic heterocycles. The minimum Gasteiger partial charge on any atom is -0.347 e. The quantitative estimate of drug-likeness (QED) is 0.683. The van der Waals surface area contributed by atoms with Crippen molar-refractivity contribution in [3.63, 3.8) is 0 Å². The number of nitrogens with zero attached hydrogens (tertiary/aromatic N) is 2. The SMILES string of the molecule is CC1CCCN(Cc2ccc(CNC(=O)c3csc(CCN)n3)cc2)C1.Cl.Cl. The Morgan fingerprint density at radius 3 is 2.68 bits per heavy atom. The Morgan fingerprint density at radius 2 is 2.00 bits per heavy atom. The fourth-order valence-electron chi connectivity index (χ4n) is 3.38. The third kappa shape index (κ3) is 7.33. The first-order valence-corrected chi connectivity index (χ1v) is 10.2. The zero-order valence-corrected chi connectivity index (χ0v) is 18.7. The van der Waals surface area contributed by atoms with Crippen LogP contribution in [0.4, 0.5) is 0 Å². The number of rotatable bonds is 7. The molecule has 1 amide bonds. The standard InChI is InChI=1S/C20H28N4OS.2ClH/c1-15-3-2-10-24(12-15)13-17-6-4-16(5-7-17)11-22-20(25)18-14-26-19(23-18)8-9-21;;/h4-7,14-15H,2-3,8-13,21H2,1H3,(H,22,25);2*1H. The van der Waals surface area contributed by atoms with Crippen molar-refractivity contribution in [1.82, 2.24) is 15.2 Å². The van der Waals surface area contributed by atoms with E-state index in [1.807, 2.05) is 0 Å². The summed E-state index contributed by atoms with van der Waals surface area (Å²) >= 11 is 1.49. The summed E-state index contributed by atoms with van der Waals surface area (Å²) in [7, 11) is 0. The van der Waals surface area contributed by atoms with Crippen molar-refractivity contribution in [3.8, 4) is 0 Å². The second kappa shape index (κ2) is 12.4. The molecule has 1 fully saturated rings. The Labute approximate surface area is 183 Å². The lowest BCUT2D eigenvalue weighted by Gasteiger charge is -2.30. The molecule has 3 rings (SSSR count). The maximum Gasteiger partial charge on any atom is 0.271 e. The van der Waals surface area contributed by atoms with Gasteiger partial charge in [0.15, 0.2) is 0 Å². The van der Waals surface area contributed by atoms with E-state index in [2.05, 4.69) is 46.4 Å². The normalized spacial score (nSPS) is 16.7. The lowest BCUT2D eigenvalue weighted by atomic mass is 9.99. The molecule has 1 aromatic carbocycles. The predicted octanol–water partition coefficient (Wildman–Crippen LogP) is 3.65. The Morgan fingerprint density at radius 1 is 1.29 bits per heavy atom. The van der Waals surface area contributed by atoms with Crippen LogP contribution in [-0.2, 0) is 19.5 Å². The summed E-state index contributed by atoms with van der Waals surface area (Å²) < 4.78 is 0. The van der Waals surface area contributed by atoms with Crippen LogP contribution in [0.2, 0.25) is 0 Å². The number of nitrogens with one attached hydrogen (secondary N) is 1. The molecule has 3 N–H and O–H groups in total. The van der Waals surface area contributed by atoms with Crippen LogP contribution >= 0.6 is 36.2 Å². The number of amides is 1. The van der Waals surface area contributed by atoms with Crippen LogP contribution in [-0.4, -0.2) is 35.4 Å². The zero-order chi connectivity index (χ0) is 18.4. The molecule has 1 unspecified atom stereocenters. The fraction of sp³-hybridized carbons (Fsp3) is 0.500. The van der Waals surface area contributed by atoms with E-state index in [9.17, 15) is 4.79 Å². The van der Waals surface area contributed by atoms with E-state index >= 15 is 0 Å². The van der Waals surface area contributed by atoms with E-state index in [4.69, 9.17) is 5.73 Å². The Bertz CT molecular complexity index is 723. The smallest absolute Gasteiger partial charge is 0.271 e. The van der Waals surface area contributed by atoms with Gasteiger partial charge < -0.3 is 11.1 Å². The number of halogens is 2. The average Bonchev–Trinajstić information content (AvgIpc) is 3.10. The topological polar surface area (TPSA) is 71.2 Å². The highest BCUT2D eigenvalue weighted by atomic mass is 35.5. The first kappa shape index (κ1) is 24.9. The van der Waals surface area contributed by atoms with Crippen LogP contribution in [0.3, 0.4) is 0 Å². The highest BCUT2D eigenvalue weighted by molar-refractivity contribution is 7.09. The van der Waals surface area contributed by atoms with Crippen LogP contribution in [0.25, 0.3) is 0 Å². The number of nitrogens with two attached hydrogens (primary N) is 1. The summed E-state index contributed by atoms with van der Waals surface area (Å²) in [6.07, 6.45) is 3.37. The summed E-state index contributed by atoms with van der Waals surface area (Å²) in [5.41, 5.74) is 8.44. The number of hydrogen-bond donors (Lipinski definition) is 2. The lowest BCUT2D eigenvalue weighted by Crippen LogP contribution is -2.33. The van der Waals surface area contributed by atoms with Crippen LogP contribution in [0.1, 0.15) is 46.4 Å². The van der Waals surface area contributed by atoms with Crippen LogP contribution in [0, 0.1) is 5.92 Å². The summed E-state index contributed by atoms with van der Waals surface area (Å²) in [4.78, 5) is 19.0. The van der Waals surface area contributed by atoms with Gasteiger partial charge in [-0.2, -0.15) is 0 Å². The minimum atomic E-state index is -0.129. The molecular formula is C20H30Cl2N4OS. The Kier molecular flexibility index (Phi) is 11.0. The molecule has 1 saturated heterocycles. The minimum absolute atomic E-state index is 0. The average molecular weight is 445 g/mol. The third-order valence-corrected chi connectivity index (χ3v) is 5.67. The summed E-state index contributed by atoms with van der Waals surface area (Å²) in [5.74, 6) is 0.672. The van der Waals surface area contributed by atoms with Crippen molar-refractivity contribution in [3.05, 3.63) is 51.5 Å². The lowest BCUT2D eigenvalue weighted by molar-refractivity contribution is 0.0946. The molecule has 156 valence electrons. The molecule has 2 aromatic rings. The van der Waals surface area contributed by atoms with E-state index in [0.717, 1.165) is 29.5 Å². The summed E-state index contributed by atoms with van der Waals surface area (Å²) in [6, 6.07) is 8.54. The van der Waals surface area contributed by atoms with Gasteiger partial charge in [0.05, 0.1) is 5.01 Å². The van der Waals surface area contributed by atoms with E-state index in [1.54, 1.807) is 5.38 Å². The Hall–Kier alpha value is -1.18. The van der Waals surface area contributed by atoms with Crippen molar-refractivity contribution < 1.29 is 4.79 Å². The molecule has 1 aliphatic heterocycles. The summed E-state index contributed by atoms with van der Waals surface area (Å²) in [6.45, 7) is 6.80. The largest absolute Gasteiger partial charge is 0.347 e. The first-order chi connectivity index (χ1) is 12.6. The molecule has 5 nitrogen and oxygen atoms in total. The predicted molar refractivity (Wildman–Crippen MR) is 121 cm³/mol. The fourth-order valence-corrected chi connectivity index (χ4v) is 4.17. The van der Waals surface area contributed by atoms with Crippen LogP contribution in [0.15, 0.2) is 29.6 Å². The second-order valence-corrected chi connectivity index (χ2v) is 8.09. The van der Waals surface area contributed by atoms with Gasteiger partial charge >= 0.3 is 0 Å². The van der Waals surface area contributed by atoms with E-state index < -0.39 is 0 Å². The van der Waals surface area contributed by atoms with E-state index in [0.29, 0.717) is 18.8 Å². The van der Waals surface area contributed by atoms with Gasteiger partial charge in [-0.25, -0.2) is 4.98 Å². The summed E-state index contributed by atoms with van der Waals surface area (Å²) in [5, 5.41) is 5.65. The van der Waals surface area contributed by atoms with Crippen molar-refractivity contribution >= 4 is 42.1 Å². The molecule has 0 spiro atoms. The number of thiazole rings is 1. The molecule has 0 aliphatic carbocycles. The highest BCUT2D eigenvalue weighted by Gasteiger charge is 2.16. The van der Waals surface area contributed by atoms with Crippen LogP contribution < -0.4 is 11.1 Å². The molecule has 28 heavy (non-hydrogen) atoms. The number of carbonyl (C=O) groups excluding carboxylic acids is 1. The van der Waals surface area contributed by atoms with Crippen molar-refractivity contribution in [2.75, 3.05) is 19.6 Å². The molecule has 1 atom stereocenters. The van der Waals surface area contributed by atoms with Gasteiger partial charge in [-0.3, -0.25) is 9.69 Å². The highest BCUT2D eigenvalue weighted by Crippen LogP contribution is 2.18. The van der Waals surface area contributed by atoms with Crippen molar-refractivity contribution in [2.45, 2.75) is 39.3 Å². The maximum absolute atomic E-state index is 12.2. The van der Waals surface area contributed by atoms with E-state index in [-0.39, 0.29) is 30.7 Å². The van der Waals surface area contributed by atoms with Gasteiger partial charge in [-0.15, -0.1) is 36.2 Å². The number of benzene rings is 1. The maximum atomic E-state index is 12.2. The van der Waals surface area contributed by atoms with E-state index in [1.165, 1.54) is 42.8 Å². The first-order valence-electron chi connectivity index (χ1n) is 9.37. The molecule has 2 heterocycles. The molecular weight excluding hydrogens is 415 g/mol. The molecule has 0 bridgehead atoms. The van der Waals surface area contributed by atoms with Gasteiger partial charge in [0.1, 0.15) is 5.69 Å². The van der Waals surface area contributed by atoms with Gasteiger partial charge in [-0.1, -0.05) is 31.2 Å². The van der Waals surface area contributed by atoms with Crippen molar-refractivity contribution in [1.29, 1.82) is 0 Å². The number of piperidine rings is 1. The van der Waals surface area contributed by atoms with Gasteiger partial charge in [0, 0.05) is 31.4 Å². The zero-order valence-electron chi connectivity index (χ0n) is 16.2. The Balaban J connectivity index is 0.00000196. The van der Waals surface area contributed by atoms with Gasteiger partial charge in [0.2, 0.25) is 0 Å². The van der Waals surface area contributed by atoms with Crippen LogP contribution in [0.5, 0.6) is 0 Å². The molecule has 0 saturated carbocycles. The number of carbonyl (C=O) groups is 1. The van der Waals surface area contributed by atoms with Crippen molar-refractivity contribution in [2.24, 2.45) is 11.7 Å².